The standard InChI is InChI=1S/C15H19ClN2O5S/c1-2-18(11-5-6-24(21,22)9-11)14(19)8-23-15(20)10-3-4-12(16)13(17)7-10/h3-4,7,11H,2,5-6,8-9,17H2,1H3/t11-/m1/s1. The lowest BCUT2D eigenvalue weighted by Crippen LogP contribution is -2.43. The third kappa shape index (κ3) is 4.39. The van der Waals surface area contributed by atoms with E-state index in [1.807, 2.05) is 0 Å². The SMILES string of the molecule is CCN(C(=O)COC(=O)c1ccc(Cl)c(N)c1)[C@@H]1CCS(=O)(=O)C1. The summed E-state index contributed by atoms with van der Waals surface area (Å²) in [7, 11) is -3.10. The van der Waals surface area contributed by atoms with E-state index in [0.29, 0.717) is 18.0 Å². The summed E-state index contributed by atoms with van der Waals surface area (Å²) in [6.07, 6.45) is 0.406. The molecule has 2 N–H and O–H groups in total. The van der Waals surface area contributed by atoms with Gasteiger partial charge in [-0.15, -0.1) is 0 Å². The van der Waals surface area contributed by atoms with Gasteiger partial charge in [-0.05, 0) is 31.5 Å². The number of nitrogens with zero attached hydrogens (tertiary/aromatic N) is 1. The van der Waals surface area contributed by atoms with E-state index in [4.69, 9.17) is 22.1 Å². The van der Waals surface area contributed by atoms with E-state index in [1.54, 1.807) is 6.92 Å². The number of likely N-dealkylation sites (N-methyl/N-ethyl adjacent to an activating group) is 1. The molecular formula is C15H19ClN2O5S. The van der Waals surface area contributed by atoms with Gasteiger partial charge in [0.2, 0.25) is 0 Å². The van der Waals surface area contributed by atoms with Crippen LogP contribution in [-0.2, 0) is 19.4 Å². The highest BCUT2D eigenvalue weighted by Gasteiger charge is 2.34. The lowest BCUT2D eigenvalue weighted by molar-refractivity contribution is -0.136. The van der Waals surface area contributed by atoms with Crippen molar-refractivity contribution in [1.29, 1.82) is 0 Å². The summed E-state index contributed by atoms with van der Waals surface area (Å²) in [6.45, 7) is 1.65. The van der Waals surface area contributed by atoms with Crippen LogP contribution in [0.1, 0.15) is 23.7 Å². The smallest absolute Gasteiger partial charge is 0.338 e. The number of rotatable bonds is 5. The molecule has 0 radical (unpaired) electrons. The van der Waals surface area contributed by atoms with Crippen molar-refractivity contribution in [2.45, 2.75) is 19.4 Å². The zero-order valence-corrected chi connectivity index (χ0v) is 14.8. The van der Waals surface area contributed by atoms with Crippen LogP contribution in [0.4, 0.5) is 5.69 Å². The van der Waals surface area contributed by atoms with Crippen LogP contribution in [-0.4, -0.2) is 55.9 Å². The second-order valence-corrected chi connectivity index (χ2v) is 8.18. The van der Waals surface area contributed by atoms with Gasteiger partial charge >= 0.3 is 5.97 Å². The number of nitrogens with two attached hydrogens (primary N) is 1. The largest absolute Gasteiger partial charge is 0.452 e. The number of amides is 1. The number of benzene rings is 1. The van der Waals surface area contributed by atoms with E-state index in [-0.39, 0.29) is 28.8 Å². The van der Waals surface area contributed by atoms with Crippen LogP contribution < -0.4 is 5.73 Å². The maximum absolute atomic E-state index is 12.2. The fourth-order valence-electron chi connectivity index (χ4n) is 2.62. The van der Waals surface area contributed by atoms with Gasteiger partial charge in [0.25, 0.3) is 5.91 Å². The first-order valence-electron chi connectivity index (χ1n) is 7.45. The molecule has 1 amide bonds. The van der Waals surface area contributed by atoms with Crippen molar-refractivity contribution in [2.75, 3.05) is 30.4 Å². The number of esters is 1. The molecule has 7 nitrogen and oxygen atoms in total. The van der Waals surface area contributed by atoms with Gasteiger partial charge in [0.05, 0.1) is 27.8 Å². The highest BCUT2D eigenvalue weighted by Crippen LogP contribution is 2.20. The van der Waals surface area contributed by atoms with Gasteiger partial charge in [0, 0.05) is 12.6 Å². The van der Waals surface area contributed by atoms with E-state index in [1.165, 1.54) is 23.1 Å². The third-order valence-corrected chi connectivity index (χ3v) is 5.96. The molecule has 0 spiro atoms. The number of nitrogen functional groups attached to an aromatic ring is 1. The fraction of sp³-hybridized carbons (Fsp3) is 0.467. The molecule has 2 rings (SSSR count). The minimum atomic E-state index is -3.10. The van der Waals surface area contributed by atoms with Crippen molar-refractivity contribution in [3.8, 4) is 0 Å². The van der Waals surface area contributed by atoms with E-state index in [2.05, 4.69) is 0 Å². The molecule has 0 aliphatic carbocycles. The van der Waals surface area contributed by atoms with E-state index in [9.17, 15) is 18.0 Å². The molecule has 1 heterocycles. The molecule has 0 unspecified atom stereocenters. The molecule has 1 fully saturated rings. The van der Waals surface area contributed by atoms with Gasteiger partial charge < -0.3 is 15.4 Å². The van der Waals surface area contributed by atoms with Crippen molar-refractivity contribution in [1.82, 2.24) is 4.90 Å². The monoisotopic (exact) mass is 374 g/mol. The average molecular weight is 375 g/mol. The van der Waals surface area contributed by atoms with Crippen LogP contribution in [0.15, 0.2) is 18.2 Å². The Morgan fingerprint density at radius 1 is 1.42 bits per heavy atom. The van der Waals surface area contributed by atoms with Gasteiger partial charge in [-0.1, -0.05) is 11.6 Å². The second-order valence-electron chi connectivity index (χ2n) is 5.55. The number of carbonyl (C=O) groups excluding carboxylic acids is 2. The molecule has 1 aromatic rings. The number of anilines is 1. The normalized spacial score (nSPS) is 19.0. The predicted molar refractivity (Wildman–Crippen MR) is 90.6 cm³/mol. The fourth-order valence-corrected chi connectivity index (χ4v) is 4.47. The Morgan fingerprint density at radius 3 is 2.67 bits per heavy atom. The molecule has 1 aromatic carbocycles. The average Bonchev–Trinajstić information content (AvgIpc) is 2.88. The maximum Gasteiger partial charge on any atom is 0.338 e. The van der Waals surface area contributed by atoms with E-state index in [0.717, 1.165) is 0 Å². The number of ether oxygens (including phenoxy) is 1. The molecule has 0 aromatic heterocycles. The number of hydrogen-bond acceptors (Lipinski definition) is 6. The topological polar surface area (TPSA) is 107 Å². The van der Waals surface area contributed by atoms with Gasteiger partial charge in [-0.3, -0.25) is 4.79 Å². The van der Waals surface area contributed by atoms with E-state index >= 15 is 0 Å². The second kappa shape index (κ2) is 7.40. The summed E-state index contributed by atoms with van der Waals surface area (Å²) in [4.78, 5) is 25.6. The zero-order valence-electron chi connectivity index (χ0n) is 13.2. The first-order chi connectivity index (χ1) is 11.2. The van der Waals surface area contributed by atoms with Crippen molar-refractivity contribution < 1.29 is 22.7 Å². The number of sulfone groups is 1. The third-order valence-electron chi connectivity index (χ3n) is 3.87. The van der Waals surface area contributed by atoms with Crippen molar-refractivity contribution >= 4 is 39.0 Å². The van der Waals surface area contributed by atoms with Crippen molar-refractivity contribution in [3.63, 3.8) is 0 Å². The van der Waals surface area contributed by atoms with Crippen molar-refractivity contribution in [2.24, 2.45) is 0 Å². The Hall–Kier alpha value is -1.80. The minimum Gasteiger partial charge on any atom is -0.452 e. The molecule has 9 heteroatoms. The molecule has 0 saturated carbocycles. The number of carbonyl (C=O) groups is 2. The zero-order chi connectivity index (χ0) is 17.9. The van der Waals surface area contributed by atoms with Crippen LogP contribution in [0.3, 0.4) is 0 Å². The van der Waals surface area contributed by atoms with Gasteiger partial charge in [-0.2, -0.15) is 0 Å². The first-order valence-corrected chi connectivity index (χ1v) is 9.65. The molecule has 0 bridgehead atoms. The van der Waals surface area contributed by atoms with Crippen LogP contribution >= 0.6 is 11.6 Å². The summed E-state index contributed by atoms with van der Waals surface area (Å²) in [5.41, 5.74) is 6.05. The van der Waals surface area contributed by atoms with Crippen LogP contribution in [0.5, 0.6) is 0 Å². The highest BCUT2D eigenvalue weighted by molar-refractivity contribution is 7.91. The molecule has 1 aliphatic rings. The molecule has 1 aliphatic heterocycles. The van der Waals surface area contributed by atoms with Gasteiger partial charge in [0.15, 0.2) is 16.4 Å². The Labute approximate surface area is 145 Å². The van der Waals surface area contributed by atoms with Crippen LogP contribution in [0.25, 0.3) is 0 Å². The lowest BCUT2D eigenvalue weighted by Gasteiger charge is -2.26. The molecule has 1 atom stereocenters. The molecule has 1 saturated heterocycles. The van der Waals surface area contributed by atoms with Gasteiger partial charge in [-0.25, -0.2) is 13.2 Å². The van der Waals surface area contributed by atoms with Crippen LogP contribution in [0.2, 0.25) is 5.02 Å². The lowest BCUT2D eigenvalue weighted by atomic mass is 10.2. The summed E-state index contributed by atoms with van der Waals surface area (Å²) in [5, 5.41) is 0.322. The molecular weight excluding hydrogens is 356 g/mol. The maximum atomic E-state index is 12.2. The van der Waals surface area contributed by atoms with Crippen molar-refractivity contribution in [3.05, 3.63) is 28.8 Å². The number of halogens is 1. The predicted octanol–water partition coefficient (Wildman–Crippen LogP) is 1.11. The summed E-state index contributed by atoms with van der Waals surface area (Å²) in [6, 6.07) is 3.93. The molecule has 132 valence electrons. The van der Waals surface area contributed by atoms with Gasteiger partial charge in [0.1, 0.15) is 0 Å². The minimum absolute atomic E-state index is 0.0474. The Morgan fingerprint density at radius 2 is 2.12 bits per heavy atom. The highest BCUT2D eigenvalue weighted by atomic mass is 35.5. The van der Waals surface area contributed by atoms with E-state index < -0.39 is 28.3 Å². The summed E-state index contributed by atoms with van der Waals surface area (Å²) in [5.74, 6) is -1.09. The molecule has 24 heavy (non-hydrogen) atoms. The first kappa shape index (κ1) is 18.5. The Balaban J connectivity index is 1.95. The Kier molecular flexibility index (Phi) is 5.71. The Bertz CT molecular complexity index is 750. The summed E-state index contributed by atoms with van der Waals surface area (Å²) >= 11 is 5.78. The van der Waals surface area contributed by atoms with Crippen LogP contribution in [0, 0.1) is 0 Å². The number of hydrogen-bond donors (Lipinski definition) is 1. The quantitative estimate of drug-likeness (QED) is 0.611. The summed E-state index contributed by atoms with van der Waals surface area (Å²) < 4.78 is 28.1.